The van der Waals surface area contributed by atoms with Crippen LogP contribution in [-0.4, -0.2) is 38.7 Å². The van der Waals surface area contributed by atoms with Crippen molar-refractivity contribution in [3.05, 3.63) is 12.2 Å². The molecule has 0 aromatic rings. The summed E-state index contributed by atoms with van der Waals surface area (Å²) in [4.78, 5) is 10.8. The third-order valence-electron chi connectivity index (χ3n) is 5.03. The molecule has 1 N–H and O–H groups in total. The molecule has 0 saturated carbocycles. The van der Waals surface area contributed by atoms with E-state index in [0.29, 0.717) is 0 Å². The predicted molar refractivity (Wildman–Crippen MR) is 121 cm³/mol. The lowest BCUT2D eigenvalue weighted by molar-refractivity contribution is -0.141. The van der Waals surface area contributed by atoms with Crippen LogP contribution in [0.5, 0.6) is 0 Å². The summed E-state index contributed by atoms with van der Waals surface area (Å²) >= 11 is 0. The molecule has 0 aliphatic heterocycles. The monoisotopic (exact) mass is 414 g/mol. The van der Waals surface area contributed by atoms with Gasteiger partial charge in [0.25, 0.3) is 0 Å². The second-order valence-corrected chi connectivity index (χ2v) is 13.4. The topological polar surface area (TPSA) is 55.8 Å². The molecular formula is C23H46O4Si. The first-order valence-corrected chi connectivity index (χ1v) is 14.7. The van der Waals surface area contributed by atoms with Crippen LogP contribution in [0, 0.1) is 5.92 Å². The van der Waals surface area contributed by atoms with Gasteiger partial charge in [0.1, 0.15) is 0 Å². The van der Waals surface area contributed by atoms with Gasteiger partial charge in [0.2, 0.25) is 0 Å². The molecule has 5 heteroatoms. The standard InChI is InChI=1S/C23H46O4Si/c1-7-8-14-19-22(27-28(4,5)6)21(26-3)18-16-13-11-9-10-12-15-17-20(2)23(24)25/h13,16,20-22H,7-12,14-15,17-19H2,1-6H3,(H,24,25). The Bertz CT molecular complexity index is 417. The highest BCUT2D eigenvalue weighted by Crippen LogP contribution is 2.21. The van der Waals surface area contributed by atoms with Gasteiger partial charge in [-0.05, 0) is 51.7 Å². The molecule has 0 fully saturated rings. The predicted octanol–water partition coefficient (Wildman–Crippen LogP) is 6.81. The molecule has 3 atom stereocenters. The van der Waals surface area contributed by atoms with Gasteiger partial charge in [0.15, 0.2) is 8.32 Å². The summed E-state index contributed by atoms with van der Waals surface area (Å²) in [5.41, 5.74) is 0. The summed E-state index contributed by atoms with van der Waals surface area (Å²) in [6, 6.07) is 0. The third-order valence-corrected chi connectivity index (χ3v) is 6.04. The first-order valence-electron chi connectivity index (χ1n) is 11.3. The van der Waals surface area contributed by atoms with Crippen molar-refractivity contribution in [3.8, 4) is 0 Å². The third kappa shape index (κ3) is 15.3. The number of unbranched alkanes of at least 4 members (excludes halogenated alkanes) is 6. The lowest BCUT2D eigenvalue weighted by Gasteiger charge is -2.31. The molecule has 3 unspecified atom stereocenters. The zero-order valence-electron chi connectivity index (χ0n) is 19.3. The first-order chi connectivity index (χ1) is 13.2. The molecule has 0 bridgehead atoms. The minimum Gasteiger partial charge on any atom is -0.481 e. The van der Waals surface area contributed by atoms with Gasteiger partial charge >= 0.3 is 5.97 Å². The van der Waals surface area contributed by atoms with Gasteiger partial charge in [-0.1, -0.05) is 64.5 Å². The Morgan fingerprint density at radius 3 is 2.18 bits per heavy atom. The fourth-order valence-corrected chi connectivity index (χ4v) is 4.49. The maximum Gasteiger partial charge on any atom is 0.306 e. The van der Waals surface area contributed by atoms with Gasteiger partial charge in [0.05, 0.1) is 18.1 Å². The fraction of sp³-hybridized carbons (Fsp3) is 0.870. The van der Waals surface area contributed by atoms with Crippen molar-refractivity contribution in [2.24, 2.45) is 5.92 Å². The number of rotatable bonds is 18. The molecular weight excluding hydrogens is 368 g/mol. The number of carboxylic acids is 1. The molecule has 0 aliphatic rings. The second kappa shape index (κ2) is 16.2. The molecule has 0 aromatic heterocycles. The number of carboxylic acid groups (broad SMARTS) is 1. The summed E-state index contributed by atoms with van der Waals surface area (Å²) in [7, 11) is 0.214. The van der Waals surface area contributed by atoms with E-state index in [9.17, 15) is 4.79 Å². The van der Waals surface area contributed by atoms with E-state index in [1.807, 2.05) is 0 Å². The van der Waals surface area contributed by atoms with Gasteiger partial charge in [-0.2, -0.15) is 0 Å². The van der Waals surface area contributed by atoms with Crippen LogP contribution in [0.4, 0.5) is 0 Å². The molecule has 0 rings (SSSR count). The zero-order valence-corrected chi connectivity index (χ0v) is 20.3. The van der Waals surface area contributed by atoms with Crippen molar-refractivity contribution < 1.29 is 19.1 Å². The minimum atomic E-state index is -1.59. The average Bonchev–Trinajstić information content (AvgIpc) is 2.61. The maximum atomic E-state index is 10.8. The number of allylic oxidation sites excluding steroid dienone is 1. The van der Waals surface area contributed by atoms with Crippen LogP contribution < -0.4 is 0 Å². The molecule has 0 radical (unpaired) electrons. The van der Waals surface area contributed by atoms with Gasteiger partial charge in [-0.25, -0.2) is 0 Å². The van der Waals surface area contributed by atoms with Crippen molar-refractivity contribution in [2.45, 2.75) is 116 Å². The first kappa shape index (κ1) is 27.3. The quantitative estimate of drug-likeness (QED) is 0.152. The van der Waals surface area contributed by atoms with Gasteiger partial charge < -0.3 is 14.3 Å². The highest BCUT2D eigenvalue weighted by atomic mass is 28.4. The van der Waals surface area contributed by atoms with E-state index >= 15 is 0 Å². The Morgan fingerprint density at radius 1 is 0.964 bits per heavy atom. The summed E-state index contributed by atoms with van der Waals surface area (Å²) in [6.45, 7) is 10.8. The Morgan fingerprint density at radius 2 is 1.61 bits per heavy atom. The van der Waals surface area contributed by atoms with Crippen molar-refractivity contribution in [1.82, 2.24) is 0 Å². The lowest BCUT2D eigenvalue weighted by atomic mass is 10.0. The highest BCUT2D eigenvalue weighted by Gasteiger charge is 2.27. The van der Waals surface area contributed by atoms with E-state index in [-0.39, 0.29) is 18.1 Å². The summed E-state index contributed by atoms with van der Waals surface area (Å²) in [5, 5.41) is 8.88. The Labute approximate surface area is 175 Å². The minimum absolute atomic E-state index is 0.136. The van der Waals surface area contributed by atoms with Crippen molar-refractivity contribution >= 4 is 14.3 Å². The summed E-state index contributed by atoms with van der Waals surface area (Å²) < 4.78 is 12.2. The second-order valence-electron chi connectivity index (χ2n) is 8.98. The molecule has 0 amide bonds. The van der Waals surface area contributed by atoms with E-state index in [4.69, 9.17) is 14.3 Å². The molecule has 0 spiro atoms. The number of ether oxygens (including phenoxy) is 1. The molecule has 0 aromatic carbocycles. The van der Waals surface area contributed by atoms with Crippen molar-refractivity contribution in [1.29, 1.82) is 0 Å². The molecule has 0 saturated heterocycles. The average molecular weight is 415 g/mol. The van der Waals surface area contributed by atoms with Crippen LogP contribution in [0.15, 0.2) is 12.2 Å². The Balaban J connectivity index is 4.16. The zero-order chi connectivity index (χ0) is 21.4. The summed E-state index contributed by atoms with van der Waals surface area (Å²) in [6.07, 6.45) is 16.9. The fourth-order valence-electron chi connectivity index (χ4n) is 3.31. The van der Waals surface area contributed by atoms with Crippen LogP contribution in [0.2, 0.25) is 19.6 Å². The van der Waals surface area contributed by atoms with Gasteiger partial charge in [0, 0.05) is 7.11 Å². The summed E-state index contributed by atoms with van der Waals surface area (Å²) in [5.74, 6) is -0.892. The largest absolute Gasteiger partial charge is 0.481 e. The van der Waals surface area contributed by atoms with Crippen LogP contribution >= 0.6 is 0 Å². The van der Waals surface area contributed by atoms with Crippen LogP contribution in [0.1, 0.15) is 84.5 Å². The Hall–Kier alpha value is -0.653. The molecule has 0 aliphatic carbocycles. The smallest absolute Gasteiger partial charge is 0.306 e. The van der Waals surface area contributed by atoms with E-state index in [2.05, 4.69) is 38.7 Å². The van der Waals surface area contributed by atoms with E-state index < -0.39 is 14.3 Å². The number of carbonyl (C=O) groups is 1. The highest BCUT2D eigenvalue weighted by molar-refractivity contribution is 6.69. The molecule has 28 heavy (non-hydrogen) atoms. The number of hydrogen-bond acceptors (Lipinski definition) is 3. The van der Waals surface area contributed by atoms with Crippen molar-refractivity contribution in [2.75, 3.05) is 7.11 Å². The normalized spacial score (nSPS) is 15.6. The van der Waals surface area contributed by atoms with Crippen LogP contribution in [0.3, 0.4) is 0 Å². The van der Waals surface area contributed by atoms with Gasteiger partial charge in [-0.3, -0.25) is 4.79 Å². The molecule has 0 heterocycles. The number of hydrogen-bond donors (Lipinski definition) is 1. The number of methoxy groups -OCH3 is 1. The SMILES string of the molecule is CCCCCC(O[Si](C)(C)C)C(CC=CCCCCCCC(C)C(=O)O)OC. The molecule has 4 nitrogen and oxygen atoms in total. The number of aliphatic carboxylic acids is 1. The molecule has 166 valence electrons. The van der Waals surface area contributed by atoms with E-state index in [0.717, 1.165) is 38.5 Å². The van der Waals surface area contributed by atoms with Gasteiger partial charge in [-0.15, -0.1) is 0 Å². The van der Waals surface area contributed by atoms with Crippen LogP contribution in [0.25, 0.3) is 0 Å². The Kier molecular flexibility index (Phi) is 15.8. The lowest BCUT2D eigenvalue weighted by Crippen LogP contribution is -2.39. The van der Waals surface area contributed by atoms with E-state index in [1.165, 1.54) is 32.1 Å². The van der Waals surface area contributed by atoms with E-state index in [1.54, 1.807) is 14.0 Å². The maximum absolute atomic E-state index is 10.8. The van der Waals surface area contributed by atoms with Crippen LogP contribution in [-0.2, 0) is 14.0 Å². The van der Waals surface area contributed by atoms with Crippen molar-refractivity contribution in [3.63, 3.8) is 0 Å².